The molecule has 1 aliphatic heterocycles. The molecular weight excluding hydrogens is 378 g/mol. The summed E-state index contributed by atoms with van der Waals surface area (Å²) in [6.07, 6.45) is 2.87. The van der Waals surface area contributed by atoms with E-state index in [0.717, 1.165) is 24.2 Å². The number of imide groups is 1. The fourth-order valence-electron chi connectivity index (χ4n) is 5.21. The van der Waals surface area contributed by atoms with Crippen LogP contribution in [0.3, 0.4) is 0 Å². The molecular formula is C20H25N3O6. The van der Waals surface area contributed by atoms with E-state index >= 15 is 0 Å². The maximum atomic E-state index is 13.0. The van der Waals surface area contributed by atoms with E-state index < -0.39 is 24.5 Å². The molecule has 3 amide bonds. The number of esters is 1. The van der Waals surface area contributed by atoms with Gasteiger partial charge in [-0.3, -0.25) is 19.3 Å². The number of anilines is 1. The zero-order valence-electron chi connectivity index (χ0n) is 16.7. The van der Waals surface area contributed by atoms with Crippen LogP contribution in [-0.2, 0) is 23.9 Å². The summed E-state index contributed by atoms with van der Waals surface area (Å²) in [5.41, 5.74) is 0. The van der Waals surface area contributed by atoms with Gasteiger partial charge in [-0.2, -0.15) is 0 Å². The van der Waals surface area contributed by atoms with Gasteiger partial charge in [0, 0.05) is 6.07 Å². The molecule has 2 saturated carbocycles. The normalized spacial score (nSPS) is 28.8. The van der Waals surface area contributed by atoms with Gasteiger partial charge < -0.3 is 14.6 Å². The largest absolute Gasteiger partial charge is 0.454 e. The Bertz CT molecular complexity index is 834. The Labute approximate surface area is 168 Å². The molecule has 0 unspecified atom stereocenters. The van der Waals surface area contributed by atoms with E-state index in [1.54, 1.807) is 20.8 Å². The average Bonchev–Trinajstić information content (AvgIpc) is 3.41. The third-order valence-corrected chi connectivity index (χ3v) is 6.35. The van der Waals surface area contributed by atoms with E-state index in [2.05, 4.69) is 10.5 Å². The van der Waals surface area contributed by atoms with Crippen LogP contribution in [0.4, 0.5) is 5.82 Å². The minimum Gasteiger partial charge on any atom is -0.454 e. The Morgan fingerprint density at radius 1 is 1.24 bits per heavy atom. The summed E-state index contributed by atoms with van der Waals surface area (Å²) in [4.78, 5) is 51.9. The molecule has 5 atom stereocenters. The molecule has 1 aromatic heterocycles. The van der Waals surface area contributed by atoms with Gasteiger partial charge in [0.1, 0.15) is 11.8 Å². The van der Waals surface area contributed by atoms with Gasteiger partial charge in [-0.25, -0.2) is 4.79 Å². The first-order valence-corrected chi connectivity index (χ1v) is 10.0. The topological polar surface area (TPSA) is 119 Å². The van der Waals surface area contributed by atoms with E-state index in [4.69, 9.17) is 9.26 Å². The lowest BCUT2D eigenvalue weighted by molar-refractivity contribution is -0.162. The number of ether oxygens (including phenoxy) is 1. The number of nitrogens with zero attached hydrogens (tertiary/aromatic N) is 2. The lowest BCUT2D eigenvalue weighted by Gasteiger charge is -2.28. The lowest BCUT2D eigenvalue weighted by atomic mass is 9.81. The maximum absolute atomic E-state index is 13.0. The molecule has 3 aliphatic rings. The van der Waals surface area contributed by atoms with Gasteiger partial charge >= 0.3 is 5.97 Å². The number of amides is 3. The number of hydrogen-bond acceptors (Lipinski definition) is 7. The number of aromatic nitrogens is 1. The van der Waals surface area contributed by atoms with E-state index in [1.165, 1.54) is 6.07 Å². The van der Waals surface area contributed by atoms with Gasteiger partial charge in [-0.15, -0.1) is 0 Å². The van der Waals surface area contributed by atoms with Crippen molar-refractivity contribution in [2.75, 3.05) is 11.9 Å². The predicted octanol–water partition coefficient (Wildman–Crippen LogP) is 1.52. The number of rotatable bonds is 6. The standard InChI is InChI=1S/C20H25N3O6/c1-9(2)17(20(27)28-8-14(24)21-13-6-10(3)29-22-13)23-18(25)15-11-4-5-12(7-11)16(15)19(23)26/h6,9,11-12,15-17H,4-5,7-8H2,1-3H3,(H,21,22,24)/t11-,12-,15-,16-,17-/m0/s1. The first-order chi connectivity index (χ1) is 13.8. The molecule has 2 aliphatic carbocycles. The summed E-state index contributed by atoms with van der Waals surface area (Å²) in [7, 11) is 0. The van der Waals surface area contributed by atoms with Crippen LogP contribution < -0.4 is 5.32 Å². The van der Waals surface area contributed by atoms with Gasteiger partial charge in [0.15, 0.2) is 12.4 Å². The Hall–Kier alpha value is -2.71. The SMILES string of the molecule is Cc1cc(NC(=O)COC(=O)[C@H](C(C)C)N2C(=O)[C@H]3[C@H]4CC[C@@H](C4)[C@@H]3C2=O)no1. The molecule has 29 heavy (non-hydrogen) atoms. The van der Waals surface area contributed by atoms with E-state index in [-0.39, 0.29) is 47.2 Å². The van der Waals surface area contributed by atoms with Crippen molar-refractivity contribution in [3.05, 3.63) is 11.8 Å². The van der Waals surface area contributed by atoms with Crippen molar-refractivity contribution in [2.24, 2.45) is 29.6 Å². The highest BCUT2D eigenvalue weighted by molar-refractivity contribution is 6.08. The summed E-state index contributed by atoms with van der Waals surface area (Å²) in [6, 6.07) is 0.507. The van der Waals surface area contributed by atoms with Crippen LogP contribution in [0.1, 0.15) is 38.9 Å². The lowest BCUT2D eigenvalue weighted by Crippen LogP contribution is -2.50. The summed E-state index contributed by atoms with van der Waals surface area (Å²) < 4.78 is 10.0. The van der Waals surface area contributed by atoms with Crippen LogP contribution >= 0.6 is 0 Å². The fourth-order valence-corrected chi connectivity index (χ4v) is 5.21. The number of nitrogens with one attached hydrogen (secondary N) is 1. The number of carbonyl (C=O) groups excluding carboxylic acids is 4. The van der Waals surface area contributed by atoms with E-state index in [1.807, 2.05) is 0 Å². The monoisotopic (exact) mass is 403 g/mol. The Morgan fingerprint density at radius 2 is 1.86 bits per heavy atom. The maximum Gasteiger partial charge on any atom is 0.330 e. The van der Waals surface area contributed by atoms with E-state index in [9.17, 15) is 19.2 Å². The zero-order valence-corrected chi connectivity index (χ0v) is 16.7. The average molecular weight is 403 g/mol. The third kappa shape index (κ3) is 3.32. The van der Waals surface area contributed by atoms with Gasteiger partial charge in [0.05, 0.1) is 11.8 Å². The summed E-state index contributed by atoms with van der Waals surface area (Å²) in [5, 5.41) is 6.09. The first-order valence-electron chi connectivity index (χ1n) is 10.0. The van der Waals surface area contributed by atoms with Crippen LogP contribution in [0.15, 0.2) is 10.6 Å². The van der Waals surface area contributed by atoms with Crippen LogP contribution in [0.2, 0.25) is 0 Å². The second-order valence-electron chi connectivity index (χ2n) is 8.60. The van der Waals surface area contributed by atoms with Gasteiger partial charge in [-0.05, 0) is 43.9 Å². The van der Waals surface area contributed by atoms with Gasteiger partial charge in [0.2, 0.25) is 11.8 Å². The number of aryl methyl sites for hydroxylation is 1. The molecule has 0 aromatic carbocycles. The highest BCUT2D eigenvalue weighted by atomic mass is 16.5. The van der Waals surface area contributed by atoms with Crippen LogP contribution in [0, 0.1) is 36.5 Å². The summed E-state index contributed by atoms with van der Waals surface area (Å²) >= 11 is 0. The summed E-state index contributed by atoms with van der Waals surface area (Å²) in [5.74, 6) is -1.53. The van der Waals surface area contributed by atoms with Crippen LogP contribution in [0.5, 0.6) is 0 Å². The van der Waals surface area contributed by atoms with E-state index in [0.29, 0.717) is 5.76 Å². The highest BCUT2D eigenvalue weighted by Crippen LogP contribution is 2.56. The molecule has 4 rings (SSSR count). The minimum absolute atomic E-state index is 0.220. The Balaban J connectivity index is 1.42. The van der Waals surface area contributed by atoms with Crippen molar-refractivity contribution in [1.82, 2.24) is 10.1 Å². The molecule has 1 saturated heterocycles. The van der Waals surface area contributed by atoms with Crippen molar-refractivity contribution in [3.8, 4) is 0 Å². The third-order valence-electron chi connectivity index (χ3n) is 6.35. The number of fused-ring (bicyclic) bond motifs is 5. The van der Waals surface area contributed by atoms with Gasteiger partial charge in [0.25, 0.3) is 5.91 Å². The fraction of sp³-hybridized carbons (Fsp3) is 0.650. The minimum atomic E-state index is -1.03. The summed E-state index contributed by atoms with van der Waals surface area (Å²) in [6.45, 7) is 4.66. The Kier molecular flexibility index (Phi) is 4.92. The van der Waals surface area contributed by atoms with Crippen molar-refractivity contribution in [2.45, 2.75) is 46.1 Å². The van der Waals surface area contributed by atoms with Crippen LogP contribution in [0.25, 0.3) is 0 Å². The molecule has 9 heteroatoms. The van der Waals surface area contributed by atoms with Crippen LogP contribution in [-0.4, -0.2) is 46.4 Å². The molecule has 156 valence electrons. The molecule has 1 N–H and O–H groups in total. The van der Waals surface area contributed by atoms with Crippen molar-refractivity contribution >= 4 is 29.5 Å². The predicted molar refractivity (Wildman–Crippen MR) is 99.1 cm³/mol. The van der Waals surface area contributed by atoms with Crippen molar-refractivity contribution in [1.29, 1.82) is 0 Å². The molecule has 9 nitrogen and oxygen atoms in total. The zero-order chi connectivity index (χ0) is 20.9. The first kappa shape index (κ1) is 19.6. The molecule has 3 fully saturated rings. The molecule has 0 spiro atoms. The molecule has 0 radical (unpaired) electrons. The van der Waals surface area contributed by atoms with Gasteiger partial charge in [-0.1, -0.05) is 19.0 Å². The smallest absolute Gasteiger partial charge is 0.330 e. The highest BCUT2D eigenvalue weighted by Gasteiger charge is 2.62. The molecule has 1 aromatic rings. The van der Waals surface area contributed by atoms with Crippen molar-refractivity contribution in [3.63, 3.8) is 0 Å². The number of hydrogen-bond donors (Lipinski definition) is 1. The number of likely N-dealkylation sites (tertiary alicyclic amines) is 1. The number of carbonyl (C=O) groups is 4. The van der Waals surface area contributed by atoms with Crippen molar-refractivity contribution < 1.29 is 28.4 Å². The molecule has 2 bridgehead atoms. The second kappa shape index (κ2) is 7.27. The quantitative estimate of drug-likeness (QED) is 0.565. The molecule has 2 heterocycles. The Morgan fingerprint density at radius 3 is 2.38 bits per heavy atom. The second-order valence-corrected chi connectivity index (χ2v) is 8.60.